The number of nitrogens with zero attached hydrogens (tertiary/aromatic N) is 5. The highest BCUT2D eigenvalue weighted by molar-refractivity contribution is 6.22. The molecule has 0 amide bonds. The van der Waals surface area contributed by atoms with Crippen LogP contribution in [-0.2, 0) is 0 Å². The third kappa shape index (κ3) is 4.47. The number of hydrogen-bond donors (Lipinski definition) is 0. The van der Waals surface area contributed by atoms with E-state index in [-0.39, 0.29) is 6.04 Å². The van der Waals surface area contributed by atoms with Crippen LogP contribution in [0.4, 0.5) is 11.4 Å². The second kappa shape index (κ2) is 11.1. The zero-order valence-corrected chi connectivity index (χ0v) is 26.5. The van der Waals surface area contributed by atoms with Gasteiger partial charge in [-0.1, -0.05) is 115 Å². The zero-order valence-electron chi connectivity index (χ0n) is 26.5. The number of aromatic nitrogens is 4. The van der Waals surface area contributed by atoms with Crippen LogP contribution in [0.5, 0.6) is 0 Å². The van der Waals surface area contributed by atoms with Gasteiger partial charge in [0.2, 0.25) is 0 Å². The van der Waals surface area contributed by atoms with Gasteiger partial charge in [-0.3, -0.25) is 4.98 Å². The summed E-state index contributed by atoms with van der Waals surface area (Å²) in [5.74, 6) is 2.22. The van der Waals surface area contributed by atoms with Gasteiger partial charge in [0.1, 0.15) is 0 Å². The fourth-order valence-corrected chi connectivity index (χ4v) is 7.61. The first-order chi connectivity index (χ1) is 24.3. The Labute approximate surface area is 283 Å². The predicted octanol–water partition coefficient (Wildman–Crippen LogP) is 10.5. The Morgan fingerprint density at radius 3 is 2.06 bits per heavy atom. The van der Waals surface area contributed by atoms with Crippen LogP contribution in [0.1, 0.15) is 11.5 Å². The third-order valence-corrected chi connectivity index (χ3v) is 9.87. The van der Waals surface area contributed by atoms with Crippen molar-refractivity contribution in [1.82, 2.24) is 19.9 Å². The van der Waals surface area contributed by atoms with Crippen molar-refractivity contribution in [2.24, 2.45) is 0 Å². The van der Waals surface area contributed by atoms with Crippen LogP contribution in [0.15, 0.2) is 164 Å². The molecule has 0 fully saturated rings. The van der Waals surface area contributed by atoms with Crippen molar-refractivity contribution >= 4 is 43.8 Å². The molecule has 0 spiro atoms. The van der Waals surface area contributed by atoms with Crippen molar-refractivity contribution in [1.29, 1.82) is 0 Å². The van der Waals surface area contributed by atoms with Gasteiger partial charge in [0.05, 0.1) is 11.6 Å². The molecule has 0 saturated heterocycles. The number of pyridine rings is 1. The largest absolute Gasteiger partial charge is 0.333 e. The van der Waals surface area contributed by atoms with Crippen LogP contribution in [0.3, 0.4) is 0 Å². The van der Waals surface area contributed by atoms with E-state index < -0.39 is 0 Å². The van der Waals surface area contributed by atoms with Gasteiger partial charge in [0.25, 0.3) is 0 Å². The van der Waals surface area contributed by atoms with E-state index in [2.05, 4.69) is 126 Å². The molecule has 5 nitrogen and oxygen atoms in total. The summed E-state index contributed by atoms with van der Waals surface area (Å²) in [6, 6.07) is 46.8. The molecule has 1 aliphatic carbocycles. The molecule has 0 bridgehead atoms. The molecule has 8 aromatic rings. The quantitative estimate of drug-likeness (QED) is 0.182. The summed E-state index contributed by atoms with van der Waals surface area (Å²) in [6.45, 7) is 0. The fourth-order valence-electron chi connectivity index (χ4n) is 7.61. The molecule has 2 unspecified atom stereocenters. The topological polar surface area (TPSA) is 54.8 Å². The summed E-state index contributed by atoms with van der Waals surface area (Å²) in [4.78, 5) is 22.7. The minimum atomic E-state index is 0.243. The molecule has 49 heavy (non-hydrogen) atoms. The number of benzene rings is 6. The lowest BCUT2D eigenvalue weighted by Gasteiger charge is -2.28. The van der Waals surface area contributed by atoms with Crippen molar-refractivity contribution in [3.8, 4) is 34.2 Å². The number of allylic oxidation sites excluding steroid dienone is 2. The van der Waals surface area contributed by atoms with Gasteiger partial charge < -0.3 is 4.90 Å². The lowest BCUT2D eigenvalue weighted by molar-refractivity contribution is 0.745. The summed E-state index contributed by atoms with van der Waals surface area (Å²) in [7, 11) is 0. The Morgan fingerprint density at radius 1 is 0.531 bits per heavy atom. The number of fused-ring (bicyclic) bond motifs is 8. The lowest BCUT2D eigenvalue weighted by atomic mass is 9.91. The molecule has 1 aliphatic heterocycles. The van der Waals surface area contributed by atoms with E-state index >= 15 is 0 Å². The highest BCUT2D eigenvalue weighted by atomic mass is 15.2. The Bertz CT molecular complexity index is 2610. The molecule has 0 N–H and O–H groups in total. The maximum Gasteiger partial charge on any atom is 0.164 e. The van der Waals surface area contributed by atoms with Gasteiger partial charge in [-0.2, -0.15) is 0 Å². The van der Waals surface area contributed by atoms with Crippen LogP contribution in [0.25, 0.3) is 66.6 Å². The first kappa shape index (κ1) is 27.6. The minimum Gasteiger partial charge on any atom is -0.333 e. The molecule has 0 saturated carbocycles. The van der Waals surface area contributed by atoms with E-state index in [0.29, 0.717) is 23.4 Å². The predicted molar refractivity (Wildman–Crippen MR) is 200 cm³/mol. The summed E-state index contributed by atoms with van der Waals surface area (Å²) < 4.78 is 0. The van der Waals surface area contributed by atoms with Crippen LogP contribution >= 0.6 is 0 Å². The van der Waals surface area contributed by atoms with E-state index in [4.69, 9.17) is 19.9 Å². The van der Waals surface area contributed by atoms with Gasteiger partial charge in [0, 0.05) is 56.3 Å². The standard InChI is InChI=1S/C44H29N5/c1-2-12-28(13-3-1)42-46-43(29-22-24-31(25-23-29)49-39-20-10-7-16-33(39)34-17-8-11-21-40(34)49)48-44(47-42)36-26-30-14-4-5-15-32(30)41-35-18-6-9-19-38(35)45-27-37(36)41/h1-27,33,39H. The van der Waals surface area contributed by atoms with Crippen LogP contribution in [-0.4, -0.2) is 26.0 Å². The van der Waals surface area contributed by atoms with Crippen LogP contribution in [0, 0.1) is 0 Å². The molecular formula is C44H29N5. The van der Waals surface area contributed by atoms with Crippen LogP contribution < -0.4 is 4.90 Å². The fraction of sp³-hybridized carbons (Fsp3) is 0.0455. The zero-order chi connectivity index (χ0) is 32.3. The summed E-state index contributed by atoms with van der Waals surface area (Å²) in [5.41, 5.74) is 7.51. The monoisotopic (exact) mass is 627 g/mol. The highest BCUT2D eigenvalue weighted by Gasteiger charge is 2.37. The SMILES string of the molecule is C1=CC2c3ccccc3N(c3ccc(-c4nc(-c5ccccc5)nc(-c5cc6ccccc6c6c5cnc5ccccc56)n4)cc3)C2C=C1. The number of para-hydroxylation sites is 2. The Balaban J connectivity index is 1.15. The molecular weight excluding hydrogens is 599 g/mol. The average molecular weight is 628 g/mol. The van der Waals surface area contributed by atoms with Crippen molar-refractivity contribution in [2.45, 2.75) is 12.0 Å². The summed E-state index contributed by atoms with van der Waals surface area (Å²) in [6.07, 6.45) is 10.9. The molecule has 3 heterocycles. The molecule has 0 radical (unpaired) electrons. The molecule has 6 aromatic carbocycles. The number of rotatable bonds is 4. The van der Waals surface area contributed by atoms with Crippen molar-refractivity contribution in [3.05, 3.63) is 170 Å². The lowest BCUT2D eigenvalue weighted by Crippen LogP contribution is -2.28. The smallest absolute Gasteiger partial charge is 0.164 e. The van der Waals surface area contributed by atoms with E-state index in [1.165, 1.54) is 16.6 Å². The Morgan fingerprint density at radius 2 is 1.20 bits per heavy atom. The summed E-state index contributed by atoms with van der Waals surface area (Å²) in [5, 5.41) is 5.59. The summed E-state index contributed by atoms with van der Waals surface area (Å²) >= 11 is 0. The Kier molecular flexibility index (Phi) is 6.24. The van der Waals surface area contributed by atoms with E-state index in [0.717, 1.165) is 49.4 Å². The van der Waals surface area contributed by atoms with Gasteiger partial charge >= 0.3 is 0 Å². The number of hydrogen-bond acceptors (Lipinski definition) is 5. The molecule has 2 aliphatic rings. The normalized spacial score (nSPS) is 16.4. The average Bonchev–Trinajstić information content (AvgIpc) is 3.52. The van der Waals surface area contributed by atoms with E-state index in [9.17, 15) is 0 Å². The second-order valence-corrected chi connectivity index (χ2v) is 12.6. The van der Waals surface area contributed by atoms with E-state index in [1.807, 2.05) is 42.6 Å². The maximum absolute atomic E-state index is 5.18. The first-order valence-electron chi connectivity index (χ1n) is 16.6. The highest BCUT2D eigenvalue weighted by Crippen LogP contribution is 2.47. The van der Waals surface area contributed by atoms with Crippen molar-refractivity contribution in [2.75, 3.05) is 4.90 Å². The van der Waals surface area contributed by atoms with Gasteiger partial charge in [-0.05, 0) is 58.8 Å². The van der Waals surface area contributed by atoms with Gasteiger partial charge in [-0.15, -0.1) is 0 Å². The van der Waals surface area contributed by atoms with Crippen LogP contribution in [0.2, 0.25) is 0 Å². The molecule has 230 valence electrons. The Hall–Kier alpha value is -6.46. The number of anilines is 2. The van der Waals surface area contributed by atoms with Crippen molar-refractivity contribution in [3.63, 3.8) is 0 Å². The molecule has 5 heteroatoms. The van der Waals surface area contributed by atoms with Gasteiger partial charge in [0.15, 0.2) is 17.5 Å². The van der Waals surface area contributed by atoms with Gasteiger partial charge in [-0.25, -0.2) is 15.0 Å². The third-order valence-electron chi connectivity index (χ3n) is 9.87. The molecule has 2 atom stereocenters. The minimum absolute atomic E-state index is 0.243. The van der Waals surface area contributed by atoms with Crippen molar-refractivity contribution < 1.29 is 0 Å². The molecule has 2 aromatic heterocycles. The van der Waals surface area contributed by atoms with E-state index in [1.54, 1.807) is 0 Å². The molecule has 10 rings (SSSR count). The first-order valence-corrected chi connectivity index (χ1v) is 16.6. The maximum atomic E-state index is 5.18. The second-order valence-electron chi connectivity index (χ2n) is 12.6.